The van der Waals surface area contributed by atoms with Gasteiger partial charge in [0, 0.05) is 17.9 Å². The first kappa shape index (κ1) is 18.9. The van der Waals surface area contributed by atoms with Crippen molar-refractivity contribution < 1.29 is 13.6 Å². The van der Waals surface area contributed by atoms with Crippen molar-refractivity contribution in [3.05, 3.63) is 94.5 Å². The van der Waals surface area contributed by atoms with Crippen LogP contribution in [0.15, 0.2) is 66.7 Å². The Morgan fingerprint density at radius 3 is 2.33 bits per heavy atom. The Morgan fingerprint density at radius 1 is 0.889 bits per heavy atom. The first-order chi connectivity index (χ1) is 13.0. The van der Waals surface area contributed by atoms with E-state index in [4.69, 9.17) is 11.6 Å². The van der Waals surface area contributed by atoms with Gasteiger partial charge >= 0.3 is 0 Å². The minimum atomic E-state index is -0.443. The lowest BCUT2D eigenvalue weighted by Gasteiger charge is -2.09. The van der Waals surface area contributed by atoms with Crippen molar-refractivity contribution in [2.24, 2.45) is 0 Å². The first-order valence-electron chi connectivity index (χ1n) is 8.32. The summed E-state index contributed by atoms with van der Waals surface area (Å²) in [5, 5.41) is 5.97. The molecule has 3 nitrogen and oxygen atoms in total. The fourth-order valence-corrected chi connectivity index (χ4v) is 2.75. The Balaban J connectivity index is 1.53. The van der Waals surface area contributed by atoms with Crippen molar-refractivity contribution in [3.8, 4) is 0 Å². The van der Waals surface area contributed by atoms with E-state index in [0.29, 0.717) is 12.2 Å². The highest BCUT2D eigenvalue weighted by molar-refractivity contribution is 6.30. The number of anilines is 2. The summed E-state index contributed by atoms with van der Waals surface area (Å²) in [5.74, 6) is -1.06. The van der Waals surface area contributed by atoms with Crippen molar-refractivity contribution >= 4 is 28.9 Å². The summed E-state index contributed by atoms with van der Waals surface area (Å²) in [6, 6.07) is 17.7. The molecule has 3 aromatic rings. The molecule has 138 valence electrons. The molecular formula is C21H17ClF2N2O. The monoisotopic (exact) mass is 386 g/mol. The minimum Gasteiger partial charge on any atom is -0.381 e. The van der Waals surface area contributed by atoms with Crippen LogP contribution in [-0.2, 0) is 17.8 Å². The zero-order chi connectivity index (χ0) is 19.2. The van der Waals surface area contributed by atoms with Crippen LogP contribution in [0.25, 0.3) is 0 Å². The second-order valence-corrected chi connectivity index (χ2v) is 6.44. The quantitative estimate of drug-likeness (QED) is 0.594. The molecule has 0 atom stereocenters. The molecule has 0 aromatic heterocycles. The molecule has 3 rings (SSSR count). The third-order valence-corrected chi connectivity index (χ3v) is 4.20. The third-order valence-electron chi connectivity index (χ3n) is 3.91. The average Bonchev–Trinajstić information content (AvgIpc) is 2.64. The molecule has 0 aliphatic carbocycles. The molecule has 6 heteroatoms. The third kappa shape index (κ3) is 5.53. The molecule has 0 unspecified atom stereocenters. The minimum absolute atomic E-state index is 0.0916. The van der Waals surface area contributed by atoms with E-state index in [9.17, 15) is 13.6 Å². The van der Waals surface area contributed by atoms with E-state index >= 15 is 0 Å². The summed E-state index contributed by atoms with van der Waals surface area (Å²) in [6.45, 7) is 0.499. The van der Waals surface area contributed by atoms with Crippen molar-refractivity contribution in [2.75, 3.05) is 10.6 Å². The Hall–Kier alpha value is -2.92. The molecule has 0 saturated carbocycles. The number of nitrogens with one attached hydrogen (secondary N) is 2. The predicted octanol–water partition coefficient (Wildman–Crippen LogP) is 5.41. The zero-order valence-electron chi connectivity index (χ0n) is 14.3. The Kier molecular flexibility index (Phi) is 6.04. The van der Waals surface area contributed by atoms with Crippen LogP contribution >= 0.6 is 11.6 Å². The van der Waals surface area contributed by atoms with Gasteiger partial charge in [0.25, 0.3) is 0 Å². The summed E-state index contributed by atoms with van der Waals surface area (Å²) in [4.78, 5) is 12.1. The maximum atomic E-state index is 13.2. The lowest BCUT2D eigenvalue weighted by atomic mass is 10.1. The van der Waals surface area contributed by atoms with Gasteiger partial charge in [-0.15, -0.1) is 0 Å². The summed E-state index contributed by atoms with van der Waals surface area (Å²) in [7, 11) is 0. The maximum absolute atomic E-state index is 13.2. The van der Waals surface area contributed by atoms with Crippen LogP contribution in [0.1, 0.15) is 11.1 Å². The van der Waals surface area contributed by atoms with Gasteiger partial charge in [0.05, 0.1) is 11.4 Å². The number of rotatable bonds is 6. The van der Waals surface area contributed by atoms with E-state index in [1.165, 1.54) is 18.2 Å². The Bertz CT molecular complexity index is 945. The number of hydrogen-bond donors (Lipinski definition) is 2. The van der Waals surface area contributed by atoms with E-state index in [1.807, 2.05) is 24.3 Å². The van der Waals surface area contributed by atoms with Crippen molar-refractivity contribution in [1.29, 1.82) is 0 Å². The lowest BCUT2D eigenvalue weighted by Crippen LogP contribution is -2.14. The van der Waals surface area contributed by atoms with Crippen LogP contribution in [-0.4, -0.2) is 5.91 Å². The van der Waals surface area contributed by atoms with Gasteiger partial charge < -0.3 is 10.6 Å². The van der Waals surface area contributed by atoms with Crippen LogP contribution < -0.4 is 10.6 Å². The molecule has 0 fully saturated rings. The molecule has 0 radical (unpaired) electrons. The SMILES string of the molecule is O=C(Cc1ccc(NCc2ccc(F)c(Cl)c2)cc1)Nc1cccc(F)c1. The summed E-state index contributed by atoms with van der Waals surface area (Å²) < 4.78 is 26.3. The van der Waals surface area contributed by atoms with Gasteiger partial charge in [-0.05, 0) is 53.6 Å². The van der Waals surface area contributed by atoms with Crippen molar-refractivity contribution in [2.45, 2.75) is 13.0 Å². The molecule has 0 aliphatic heterocycles. The van der Waals surface area contributed by atoms with Crippen molar-refractivity contribution in [3.63, 3.8) is 0 Å². The number of carbonyl (C=O) groups excluding carboxylic acids is 1. The second-order valence-electron chi connectivity index (χ2n) is 6.03. The topological polar surface area (TPSA) is 41.1 Å². The highest BCUT2D eigenvalue weighted by atomic mass is 35.5. The molecule has 0 heterocycles. The van der Waals surface area contributed by atoms with Gasteiger partial charge in [-0.3, -0.25) is 4.79 Å². The summed E-state index contributed by atoms with van der Waals surface area (Å²) >= 11 is 5.77. The van der Waals surface area contributed by atoms with Crippen LogP contribution in [0.5, 0.6) is 0 Å². The van der Waals surface area contributed by atoms with E-state index in [1.54, 1.807) is 24.3 Å². The molecule has 3 aromatic carbocycles. The molecule has 27 heavy (non-hydrogen) atoms. The lowest BCUT2D eigenvalue weighted by molar-refractivity contribution is -0.115. The number of amides is 1. The summed E-state index contributed by atoms with van der Waals surface area (Å²) in [6.07, 6.45) is 0.185. The molecule has 0 bridgehead atoms. The second kappa shape index (κ2) is 8.64. The van der Waals surface area contributed by atoms with E-state index in [-0.39, 0.29) is 17.4 Å². The molecule has 0 saturated heterocycles. The number of carbonyl (C=O) groups is 1. The molecule has 1 amide bonds. The van der Waals surface area contributed by atoms with Gasteiger partial charge in [-0.1, -0.05) is 35.9 Å². The maximum Gasteiger partial charge on any atom is 0.228 e. The van der Waals surface area contributed by atoms with E-state index in [2.05, 4.69) is 10.6 Å². The van der Waals surface area contributed by atoms with Gasteiger partial charge in [0.2, 0.25) is 5.91 Å². The Labute approximate surface area is 161 Å². The number of benzene rings is 3. The van der Waals surface area contributed by atoms with Crippen LogP contribution in [0.2, 0.25) is 5.02 Å². The van der Waals surface area contributed by atoms with Gasteiger partial charge in [0.1, 0.15) is 11.6 Å². The highest BCUT2D eigenvalue weighted by Gasteiger charge is 2.06. The molecular weight excluding hydrogens is 370 g/mol. The average molecular weight is 387 g/mol. The fraction of sp³-hybridized carbons (Fsp3) is 0.0952. The zero-order valence-corrected chi connectivity index (χ0v) is 15.1. The number of halogens is 3. The van der Waals surface area contributed by atoms with Crippen LogP contribution in [0, 0.1) is 11.6 Å². The standard InChI is InChI=1S/C21H17ClF2N2O/c22-19-10-15(6-9-20(19)24)13-25-17-7-4-14(5-8-17)11-21(27)26-18-3-1-2-16(23)12-18/h1-10,12,25H,11,13H2,(H,26,27). The molecule has 0 aliphatic rings. The fourth-order valence-electron chi connectivity index (χ4n) is 2.55. The highest BCUT2D eigenvalue weighted by Crippen LogP contribution is 2.18. The van der Waals surface area contributed by atoms with E-state index < -0.39 is 11.6 Å². The molecule has 2 N–H and O–H groups in total. The van der Waals surface area contributed by atoms with Crippen LogP contribution in [0.3, 0.4) is 0 Å². The number of hydrogen-bond acceptors (Lipinski definition) is 2. The predicted molar refractivity (Wildman–Crippen MR) is 104 cm³/mol. The van der Waals surface area contributed by atoms with Gasteiger partial charge in [0.15, 0.2) is 0 Å². The van der Waals surface area contributed by atoms with Gasteiger partial charge in [-0.2, -0.15) is 0 Å². The first-order valence-corrected chi connectivity index (χ1v) is 8.69. The smallest absolute Gasteiger partial charge is 0.228 e. The largest absolute Gasteiger partial charge is 0.381 e. The molecule has 0 spiro atoms. The normalized spacial score (nSPS) is 10.5. The van der Waals surface area contributed by atoms with Crippen molar-refractivity contribution in [1.82, 2.24) is 0 Å². The van der Waals surface area contributed by atoms with Crippen LogP contribution in [0.4, 0.5) is 20.2 Å². The summed E-state index contributed by atoms with van der Waals surface area (Å²) in [5.41, 5.74) is 2.99. The van der Waals surface area contributed by atoms with Gasteiger partial charge in [-0.25, -0.2) is 8.78 Å². The van der Waals surface area contributed by atoms with E-state index in [0.717, 1.165) is 16.8 Å². The Morgan fingerprint density at radius 2 is 1.63 bits per heavy atom.